The third-order valence-corrected chi connectivity index (χ3v) is 6.54. The molecule has 1 saturated heterocycles. The highest BCUT2D eigenvalue weighted by molar-refractivity contribution is 5.97. The average Bonchev–Trinajstić information content (AvgIpc) is 3.62. The van der Waals surface area contributed by atoms with Gasteiger partial charge in [0.2, 0.25) is 0 Å². The molecule has 5 heterocycles. The number of alkyl halides is 3. The molecule has 1 fully saturated rings. The lowest BCUT2D eigenvalue weighted by atomic mass is 10.1. The molecule has 1 atom stereocenters. The number of pyridine rings is 1. The summed E-state index contributed by atoms with van der Waals surface area (Å²) >= 11 is 0. The van der Waals surface area contributed by atoms with Gasteiger partial charge in [0, 0.05) is 26.3 Å². The number of oxazole rings is 1. The van der Waals surface area contributed by atoms with Gasteiger partial charge in [0.15, 0.2) is 6.39 Å². The molecule has 0 radical (unpaired) electrons. The number of nitrogens with zero attached hydrogens (tertiary/aromatic N) is 5. The van der Waals surface area contributed by atoms with Crippen molar-refractivity contribution in [3.63, 3.8) is 0 Å². The number of H-pyrrole nitrogens is 2. The van der Waals surface area contributed by atoms with Gasteiger partial charge in [-0.05, 0) is 19.1 Å². The van der Waals surface area contributed by atoms with Crippen LogP contribution in [-0.4, -0.2) is 56.0 Å². The number of benzene rings is 1. The van der Waals surface area contributed by atoms with Crippen LogP contribution in [0.5, 0.6) is 0 Å². The van der Waals surface area contributed by atoms with Crippen LogP contribution in [0, 0.1) is 0 Å². The molecule has 14 heteroatoms. The number of aromatic nitrogens is 6. The van der Waals surface area contributed by atoms with Crippen molar-refractivity contribution in [2.75, 3.05) is 36.5 Å². The fourth-order valence-electron chi connectivity index (χ4n) is 4.73. The second-order valence-electron chi connectivity index (χ2n) is 9.12. The van der Waals surface area contributed by atoms with Gasteiger partial charge in [-0.25, -0.2) is 9.97 Å². The molecule has 0 spiro atoms. The highest BCUT2D eigenvalue weighted by Crippen LogP contribution is 2.40. The van der Waals surface area contributed by atoms with Gasteiger partial charge in [0.05, 0.1) is 52.7 Å². The van der Waals surface area contributed by atoms with Crippen LogP contribution in [0.2, 0.25) is 0 Å². The number of fused-ring (bicyclic) bond motifs is 2. The number of nitrogens with one attached hydrogen (secondary N) is 3. The number of aromatic amines is 2. The first-order chi connectivity index (χ1) is 18.2. The minimum atomic E-state index is -4.59. The Labute approximate surface area is 212 Å². The SMILES string of the molecule is C[C@@H](Nc1c(-c2nc3cc(C(F)(F)F)c(N4CCOCC4)cc3[nH]2)c(=O)[nH]c2cn(C)nc12)c1cocn1. The fourth-order valence-corrected chi connectivity index (χ4v) is 4.73. The second kappa shape index (κ2) is 8.90. The minimum absolute atomic E-state index is 0.0376. The summed E-state index contributed by atoms with van der Waals surface area (Å²) in [6, 6.07) is 2.06. The van der Waals surface area contributed by atoms with Gasteiger partial charge in [-0.2, -0.15) is 18.3 Å². The Balaban J connectivity index is 1.53. The van der Waals surface area contributed by atoms with Crippen molar-refractivity contribution in [1.29, 1.82) is 0 Å². The van der Waals surface area contributed by atoms with E-state index in [1.165, 1.54) is 18.7 Å². The van der Waals surface area contributed by atoms with Gasteiger partial charge >= 0.3 is 6.18 Å². The molecule has 4 aromatic heterocycles. The molecular formula is C24H23F3N8O3. The van der Waals surface area contributed by atoms with Crippen molar-refractivity contribution in [1.82, 2.24) is 29.7 Å². The van der Waals surface area contributed by atoms with Crippen LogP contribution in [0.4, 0.5) is 24.5 Å². The largest absolute Gasteiger partial charge is 0.451 e. The normalized spacial score (nSPS) is 15.4. The van der Waals surface area contributed by atoms with Crippen molar-refractivity contribution in [2.24, 2.45) is 7.05 Å². The number of hydrogen-bond donors (Lipinski definition) is 3. The molecule has 5 aromatic rings. The molecule has 0 bridgehead atoms. The van der Waals surface area contributed by atoms with Gasteiger partial charge in [0.1, 0.15) is 28.9 Å². The van der Waals surface area contributed by atoms with E-state index in [1.807, 2.05) is 6.92 Å². The lowest BCUT2D eigenvalue weighted by Gasteiger charge is -2.31. The van der Waals surface area contributed by atoms with E-state index in [0.29, 0.717) is 54.2 Å². The first kappa shape index (κ1) is 24.0. The first-order valence-corrected chi connectivity index (χ1v) is 11.9. The molecule has 0 saturated carbocycles. The van der Waals surface area contributed by atoms with E-state index in [-0.39, 0.29) is 28.6 Å². The standard InChI is InChI=1S/C24H23F3N8O3/c1-12(17-10-38-11-28-17)29-21-19(23(36)32-16-9-34(2)33-20(16)21)22-30-14-7-13(24(25,26)27)18(8-15(14)31-22)35-3-5-37-6-4-35/h7-12,29H,3-6H2,1-2H3,(H,30,31)(H,32,36)/t12-/m1/s1. The maximum atomic E-state index is 14.1. The number of aryl methyl sites for hydroxylation is 1. The van der Waals surface area contributed by atoms with Crippen molar-refractivity contribution in [3.05, 3.63) is 52.6 Å². The zero-order valence-electron chi connectivity index (χ0n) is 20.4. The lowest BCUT2D eigenvalue weighted by Crippen LogP contribution is -2.37. The summed E-state index contributed by atoms with van der Waals surface area (Å²) in [7, 11) is 1.72. The van der Waals surface area contributed by atoms with Crippen molar-refractivity contribution in [3.8, 4) is 11.4 Å². The smallest absolute Gasteiger partial charge is 0.418 e. The zero-order chi connectivity index (χ0) is 26.6. The van der Waals surface area contributed by atoms with Crippen LogP contribution < -0.4 is 15.8 Å². The number of morpholine rings is 1. The molecule has 198 valence electrons. The van der Waals surface area contributed by atoms with Gasteiger partial charge in [-0.15, -0.1) is 0 Å². The average molecular weight is 528 g/mol. The maximum absolute atomic E-state index is 14.1. The number of hydrogen-bond acceptors (Lipinski definition) is 8. The highest BCUT2D eigenvalue weighted by atomic mass is 19.4. The second-order valence-corrected chi connectivity index (χ2v) is 9.12. The summed E-state index contributed by atoms with van der Waals surface area (Å²) in [5, 5.41) is 7.75. The van der Waals surface area contributed by atoms with Crippen LogP contribution in [0.3, 0.4) is 0 Å². The van der Waals surface area contributed by atoms with E-state index in [2.05, 4.69) is 30.4 Å². The molecule has 0 aliphatic carbocycles. The minimum Gasteiger partial charge on any atom is -0.451 e. The topological polar surface area (TPSA) is 130 Å². The van der Waals surface area contributed by atoms with Crippen LogP contribution in [0.15, 0.2) is 40.2 Å². The van der Waals surface area contributed by atoms with Crippen LogP contribution >= 0.6 is 0 Å². The fraction of sp³-hybridized carbons (Fsp3) is 0.333. The Bertz CT molecular complexity index is 1680. The molecule has 0 amide bonds. The predicted molar refractivity (Wildman–Crippen MR) is 133 cm³/mol. The molecule has 1 aromatic carbocycles. The molecule has 1 aliphatic rings. The molecule has 38 heavy (non-hydrogen) atoms. The summed E-state index contributed by atoms with van der Waals surface area (Å²) in [4.78, 5) is 29.4. The van der Waals surface area contributed by atoms with E-state index >= 15 is 0 Å². The Hall–Kier alpha value is -4.33. The molecule has 1 aliphatic heterocycles. The summed E-state index contributed by atoms with van der Waals surface area (Å²) in [5.74, 6) is 0.107. The summed E-state index contributed by atoms with van der Waals surface area (Å²) in [6.45, 7) is 3.17. The molecule has 3 N–H and O–H groups in total. The van der Waals surface area contributed by atoms with E-state index in [4.69, 9.17) is 9.15 Å². The van der Waals surface area contributed by atoms with Crippen LogP contribution in [0.25, 0.3) is 33.5 Å². The maximum Gasteiger partial charge on any atom is 0.418 e. The quantitative estimate of drug-likeness (QED) is 0.314. The lowest BCUT2D eigenvalue weighted by molar-refractivity contribution is -0.137. The summed E-state index contributed by atoms with van der Waals surface area (Å²) in [6.07, 6.45) is -0.153. The Morgan fingerprint density at radius 1 is 1.16 bits per heavy atom. The van der Waals surface area contributed by atoms with Crippen molar-refractivity contribution < 1.29 is 22.3 Å². The Morgan fingerprint density at radius 2 is 1.95 bits per heavy atom. The number of ether oxygens (including phenoxy) is 1. The van der Waals surface area contributed by atoms with E-state index in [9.17, 15) is 18.0 Å². The first-order valence-electron chi connectivity index (χ1n) is 11.9. The number of halogens is 3. The van der Waals surface area contributed by atoms with Crippen LogP contribution in [0.1, 0.15) is 24.2 Å². The molecule has 0 unspecified atom stereocenters. The zero-order valence-corrected chi connectivity index (χ0v) is 20.4. The summed E-state index contributed by atoms with van der Waals surface area (Å²) in [5.41, 5.74) is 1.23. The highest BCUT2D eigenvalue weighted by Gasteiger charge is 2.36. The number of anilines is 2. The Morgan fingerprint density at radius 3 is 2.66 bits per heavy atom. The van der Waals surface area contributed by atoms with E-state index < -0.39 is 17.3 Å². The number of imidazole rings is 1. The Kier molecular flexibility index (Phi) is 5.63. The van der Waals surface area contributed by atoms with Gasteiger partial charge in [-0.3, -0.25) is 9.48 Å². The van der Waals surface area contributed by atoms with Crippen LogP contribution in [-0.2, 0) is 18.0 Å². The van der Waals surface area contributed by atoms with Gasteiger partial charge in [0.25, 0.3) is 5.56 Å². The predicted octanol–water partition coefficient (Wildman–Crippen LogP) is 3.82. The monoisotopic (exact) mass is 528 g/mol. The number of rotatable bonds is 5. The van der Waals surface area contributed by atoms with E-state index in [0.717, 1.165) is 6.07 Å². The molecule has 6 rings (SSSR count). The molecular weight excluding hydrogens is 505 g/mol. The van der Waals surface area contributed by atoms with Crippen molar-refractivity contribution >= 4 is 33.4 Å². The third kappa shape index (κ3) is 4.16. The van der Waals surface area contributed by atoms with Gasteiger partial charge < -0.3 is 29.3 Å². The van der Waals surface area contributed by atoms with Gasteiger partial charge in [-0.1, -0.05) is 0 Å². The van der Waals surface area contributed by atoms with E-state index in [1.54, 1.807) is 22.8 Å². The summed E-state index contributed by atoms with van der Waals surface area (Å²) < 4.78 is 54.1. The van der Waals surface area contributed by atoms with Crippen molar-refractivity contribution in [2.45, 2.75) is 19.1 Å². The third-order valence-electron chi connectivity index (χ3n) is 6.54. The molecule has 11 nitrogen and oxygen atoms in total.